The molecule has 1 amide bonds. The van der Waals surface area contributed by atoms with Crippen molar-refractivity contribution >= 4 is 29.1 Å². The van der Waals surface area contributed by atoms with Gasteiger partial charge in [-0.3, -0.25) is 14.2 Å². The highest BCUT2D eigenvalue weighted by molar-refractivity contribution is 6.30. The van der Waals surface area contributed by atoms with Gasteiger partial charge in [0.2, 0.25) is 11.9 Å². The fraction of sp³-hybridized carbons (Fsp3) is 0.333. The first-order valence-corrected chi connectivity index (χ1v) is 9.00. The zero-order chi connectivity index (χ0) is 17.9. The van der Waals surface area contributed by atoms with E-state index in [1.807, 2.05) is 22.6 Å². The molecule has 134 valence electrons. The van der Waals surface area contributed by atoms with Gasteiger partial charge in [-0.15, -0.1) is 10.2 Å². The molecule has 0 radical (unpaired) electrons. The van der Waals surface area contributed by atoms with E-state index >= 15 is 0 Å². The number of halogens is 1. The van der Waals surface area contributed by atoms with Crippen molar-refractivity contribution in [2.75, 3.05) is 18.0 Å². The molecule has 3 aromatic rings. The third-order valence-electron chi connectivity index (χ3n) is 4.64. The van der Waals surface area contributed by atoms with Gasteiger partial charge in [0.05, 0.1) is 10.9 Å². The minimum Gasteiger partial charge on any atom is -0.352 e. The highest BCUT2D eigenvalue weighted by Crippen LogP contribution is 2.23. The third-order valence-corrected chi connectivity index (χ3v) is 4.86. The van der Waals surface area contributed by atoms with Crippen LogP contribution in [0.5, 0.6) is 0 Å². The van der Waals surface area contributed by atoms with Gasteiger partial charge in [0.1, 0.15) is 0 Å². The molecule has 0 bridgehead atoms. The number of fused-ring (bicyclic) bond motifs is 1. The zero-order valence-corrected chi connectivity index (χ0v) is 14.9. The van der Waals surface area contributed by atoms with E-state index in [2.05, 4.69) is 25.4 Å². The third kappa shape index (κ3) is 3.48. The molecule has 26 heavy (non-hydrogen) atoms. The van der Waals surface area contributed by atoms with E-state index in [1.54, 1.807) is 24.7 Å². The Kier molecular flexibility index (Phi) is 4.71. The molecule has 0 spiro atoms. The van der Waals surface area contributed by atoms with E-state index in [0.29, 0.717) is 18.1 Å². The van der Waals surface area contributed by atoms with Gasteiger partial charge < -0.3 is 10.2 Å². The van der Waals surface area contributed by atoms with Crippen molar-refractivity contribution in [3.05, 3.63) is 53.4 Å². The molecule has 3 aromatic heterocycles. The number of piperidine rings is 1. The summed E-state index contributed by atoms with van der Waals surface area (Å²) in [5.41, 5.74) is 1.78. The number of nitrogens with zero attached hydrogens (tertiary/aromatic N) is 5. The Morgan fingerprint density at radius 2 is 2.08 bits per heavy atom. The second-order valence-electron chi connectivity index (χ2n) is 6.43. The van der Waals surface area contributed by atoms with Crippen LogP contribution in [-0.2, 0) is 11.3 Å². The first-order chi connectivity index (χ1) is 12.7. The fourth-order valence-electron chi connectivity index (χ4n) is 3.28. The maximum atomic E-state index is 12.6. The molecule has 4 rings (SSSR count). The van der Waals surface area contributed by atoms with Crippen molar-refractivity contribution in [1.29, 1.82) is 0 Å². The van der Waals surface area contributed by atoms with Gasteiger partial charge in [-0.25, -0.2) is 0 Å². The van der Waals surface area contributed by atoms with Gasteiger partial charge in [-0.05, 0) is 42.7 Å². The van der Waals surface area contributed by atoms with Crippen LogP contribution in [0.3, 0.4) is 0 Å². The van der Waals surface area contributed by atoms with E-state index < -0.39 is 0 Å². The summed E-state index contributed by atoms with van der Waals surface area (Å²) in [6, 6.07) is 7.43. The smallest absolute Gasteiger partial charge is 0.231 e. The van der Waals surface area contributed by atoms with Crippen LogP contribution in [-0.4, -0.2) is 38.6 Å². The second kappa shape index (κ2) is 7.29. The molecule has 1 aliphatic heterocycles. The number of anilines is 1. The summed E-state index contributed by atoms with van der Waals surface area (Å²) >= 11 is 6.10. The van der Waals surface area contributed by atoms with E-state index in [4.69, 9.17) is 11.6 Å². The topological polar surface area (TPSA) is 75.4 Å². The van der Waals surface area contributed by atoms with Crippen LogP contribution in [0.4, 0.5) is 5.95 Å². The van der Waals surface area contributed by atoms with Gasteiger partial charge in [0, 0.05) is 38.2 Å². The normalized spacial score (nSPS) is 17.4. The molecule has 1 fully saturated rings. The molecule has 0 aromatic carbocycles. The molecular formula is C18H19ClN6O. The molecule has 1 N–H and O–H groups in total. The second-order valence-corrected chi connectivity index (χ2v) is 6.87. The van der Waals surface area contributed by atoms with Gasteiger partial charge in [0.15, 0.2) is 5.65 Å². The number of carbonyl (C=O) groups excluding carboxylic acids is 1. The first-order valence-electron chi connectivity index (χ1n) is 8.62. The summed E-state index contributed by atoms with van der Waals surface area (Å²) in [7, 11) is 0. The summed E-state index contributed by atoms with van der Waals surface area (Å²) in [4.78, 5) is 18.7. The lowest BCUT2D eigenvalue weighted by molar-refractivity contribution is -0.125. The Morgan fingerprint density at radius 1 is 1.23 bits per heavy atom. The Bertz CT molecular complexity index is 912. The summed E-state index contributed by atoms with van der Waals surface area (Å²) in [6.07, 6.45) is 7.06. The monoisotopic (exact) mass is 370 g/mol. The first kappa shape index (κ1) is 16.8. The lowest BCUT2D eigenvalue weighted by Gasteiger charge is -2.32. The van der Waals surface area contributed by atoms with Gasteiger partial charge >= 0.3 is 0 Å². The molecule has 8 heteroatoms. The average molecular weight is 371 g/mol. The van der Waals surface area contributed by atoms with Gasteiger partial charge in [0.25, 0.3) is 0 Å². The van der Waals surface area contributed by atoms with Crippen LogP contribution < -0.4 is 10.2 Å². The van der Waals surface area contributed by atoms with Gasteiger partial charge in [-0.2, -0.15) is 0 Å². The van der Waals surface area contributed by atoms with Crippen LogP contribution in [0.25, 0.3) is 5.65 Å². The van der Waals surface area contributed by atoms with Crippen molar-refractivity contribution in [3.8, 4) is 0 Å². The molecule has 1 atom stereocenters. The minimum atomic E-state index is -0.0721. The summed E-state index contributed by atoms with van der Waals surface area (Å²) < 4.78 is 1.87. The fourth-order valence-corrected chi connectivity index (χ4v) is 3.44. The molecule has 1 saturated heterocycles. The number of hydrogen-bond acceptors (Lipinski definition) is 5. The summed E-state index contributed by atoms with van der Waals surface area (Å²) in [5.74, 6) is 0.727. The summed E-state index contributed by atoms with van der Waals surface area (Å²) in [5, 5.41) is 12.1. The SMILES string of the molecule is O=C(NCc1ccncc1)C1CCCN(c2nnc3ccc(Cl)cn23)C1. The number of pyridine rings is 2. The number of aromatic nitrogens is 4. The van der Waals surface area contributed by atoms with E-state index in [9.17, 15) is 4.79 Å². The van der Waals surface area contributed by atoms with Crippen molar-refractivity contribution < 1.29 is 4.79 Å². The predicted octanol–water partition coefficient (Wildman–Crippen LogP) is 2.31. The van der Waals surface area contributed by atoms with Crippen LogP contribution >= 0.6 is 11.6 Å². The molecule has 1 aliphatic rings. The minimum absolute atomic E-state index is 0.0679. The van der Waals surface area contributed by atoms with Crippen LogP contribution in [0.15, 0.2) is 42.9 Å². The Labute approximate surface area is 156 Å². The molecule has 1 unspecified atom stereocenters. The largest absolute Gasteiger partial charge is 0.352 e. The number of hydrogen-bond donors (Lipinski definition) is 1. The molecule has 0 saturated carbocycles. The molecular weight excluding hydrogens is 352 g/mol. The lowest BCUT2D eigenvalue weighted by atomic mass is 9.97. The predicted molar refractivity (Wildman–Crippen MR) is 99.0 cm³/mol. The van der Waals surface area contributed by atoms with Crippen molar-refractivity contribution in [2.45, 2.75) is 19.4 Å². The van der Waals surface area contributed by atoms with Crippen molar-refractivity contribution in [1.82, 2.24) is 24.9 Å². The Morgan fingerprint density at radius 3 is 2.92 bits per heavy atom. The standard InChI is InChI=1S/C18H19ClN6O/c19-15-3-4-16-22-23-18(25(16)12-15)24-9-1-2-14(11-24)17(26)21-10-13-5-7-20-8-6-13/h3-8,12,14H,1-2,9-11H2,(H,21,26). The lowest BCUT2D eigenvalue weighted by Crippen LogP contribution is -2.43. The average Bonchev–Trinajstić information content (AvgIpc) is 3.10. The summed E-state index contributed by atoms with van der Waals surface area (Å²) in [6.45, 7) is 1.98. The molecule has 7 nitrogen and oxygen atoms in total. The quantitative estimate of drug-likeness (QED) is 0.762. The molecule has 0 aliphatic carbocycles. The van der Waals surface area contributed by atoms with E-state index in [0.717, 1.165) is 36.5 Å². The number of carbonyl (C=O) groups is 1. The number of rotatable bonds is 4. The van der Waals surface area contributed by atoms with E-state index in [-0.39, 0.29) is 11.8 Å². The maximum absolute atomic E-state index is 12.6. The maximum Gasteiger partial charge on any atom is 0.231 e. The van der Waals surface area contributed by atoms with Crippen LogP contribution in [0.1, 0.15) is 18.4 Å². The Balaban J connectivity index is 1.45. The Hall–Kier alpha value is -2.67. The van der Waals surface area contributed by atoms with Crippen LogP contribution in [0.2, 0.25) is 5.02 Å². The number of amides is 1. The highest BCUT2D eigenvalue weighted by atomic mass is 35.5. The van der Waals surface area contributed by atoms with Gasteiger partial charge in [-0.1, -0.05) is 11.6 Å². The van der Waals surface area contributed by atoms with Crippen molar-refractivity contribution in [2.24, 2.45) is 5.92 Å². The highest BCUT2D eigenvalue weighted by Gasteiger charge is 2.28. The van der Waals surface area contributed by atoms with Crippen molar-refractivity contribution in [3.63, 3.8) is 0 Å². The molecule has 4 heterocycles. The van der Waals surface area contributed by atoms with E-state index in [1.165, 1.54) is 0 Å². The van der Waals surface area contributed by atoms with Crippen LogP contribution in [0, 0.1) is 5.92 Å². The number of nitrogens with one attached hydrogen (secondary N) is 1. The zero-order valence-electron chi connectivity index (χ0n) is 14.2.